The van der Waals surface area contributed by atoms with E-state index in [4.69, 9.17) is 0 Å². The zero-order valence-electron chi connectivity index (χ0n) is 14.5. The molecular formula is C19H18N2O5. The van der Waals surface area contributed by atoms with Crippen molar-refractivity contribution in [3.05, 3.63) is 74.8 Å². The normalized spacial score (nSPS) is 15.2. The summed E-state index contributed by atoms with van der Waals surface area (Å²) < 4.78 is 4.63. The largest absolute Gasteiger partial charge is 0.465 e. The quantitative estimate of drug-likeness (QED) is 0.478. The first-order chi connectivity index (χ1) is 12.4. The predicted octanol–water partition coefficient (Wildman–Crippen LogP) is 3.14. The van der Waals surface area contributed by atoms with Crippen molar-refractivity contribution in [2.45, 2.75) is 18.9 Å². The van der Waals surface area contributed by atoms with Crippen LogP contribution in [0.3, 0.4) is 0 Å². The molecule has 0 bridgehead atoms. The summed E-state index contributed by atoms with van der Waals surface area (Å²) in [4.78, 5) is 36.8. The molecule has 1 aliphatic carbocycles. The summed E-state index contributed by atoms with van der Waals surface area (Å²) in [7, 11) is 2.86. The van der Waals surface area contributed by atoms with Gasteiger partial charge in [0.05, 0.1) is 23.6 Å². The molecule has 0 heterocycles. The maximum absolute atomic E-state index is 12.9. The Morgan fingerprint density at radius 2 is 1.88 bits per heavy atom. The lowest BCUT2D eigenvalue weighted by Gasteiger charge is -2.25. The summed E-state index contributed by atoms with van der Waals surface area (Å²) in [5.74, 6) is -1.10. The van der Waals surface area contributed by atoms with Gasteiger partial charge in [-0.05, 0) is 30.0 Å². The topological polar surface area (TPSA) is 89.8 Å². The molecule has 0 aromatic heterocycles. The van der Waals surface area contributed by atoms with E-state index in [1.54, 1.807) is 11.9 Å². The third-order valence-corrected chi connectivity index (χ3v) is 4.69. The molecule has 2 aromatic rings. The first-order valence-electron chi connectivity index (χ1n) is 8.15. The van der Waals surface area contributed by atoms with Crippen molar-refractivity contribution >= 4 is 17.6 Å². The Labute approximate surface area is 150 Å². The van der Waals surface area contributed by atoms with Crippen molar-refractivity contribution in [1.29, 1.82) is 0 Å². The molecule has 0 fully saturated rings. The van der Waals surface area contributed by atoms with Gasteiger partial charge in [-0.3, -0.25) is 14.9 Å². The van der Waals surface area contributed by atoms with E-state index in [1.807, 2.05) is 24.3 Å². The van der Waals surface area contributed by atoms with Crippen LogP contribution in [-0.2, 0) is 11.2 Å². The average Bonchev–Trinajstić information content (AvgIpc) is 3.09. The highest BCUT2D eigenvalue weighted by Crippen LogP contribution is 2.35. The number of fused-ring (bicyclic) bond motifs is 1. The third-order valence-electron chi connectivity index (χ3n) is 4.69. The Hall–Kier alpha value is -3.22. The summed E-state index contributed by atoms with van der Waals surface area (Å²) in [5, 5.41) is 11.2. The van der Waals surface area contributed by atoms with E-state index in [-0.39, 0.29) is 28.8 Å². The van der Waals surface area contributed by atoms with Crippen molar-refractivity contribution < 1.29 is 19.2 Å². The Balaban J connectivity index is 1.95. The lowest BCUT2D eigenvalue weighted by molar-refractivity contribution is -0.384. The number of carbonyl (C=O) groups is 2. The number of hydrogen-bond acceptors (Lipinski definition) is 5. The molecule has 0 spiro atoms. The maximum atomic E-state index is 12.9. The van der Waals surface area contributed by atoms with Crippen molar-refractivity contribution in [2.24, 2.45) is 0 Å². The van der Waals surface area contributed by atoms with Gasteiger partial charge in [0.25, 0.3) is 11.6 Å². The van der Waals surface area contributed by atoms with Crippen LogP contribution >= 0.6 is 0 Å². The van der Waals surface area contributed by atoms with E-state index in [0.29, 0.717) is 0 Å². The zero-order valence-corrected chi connectivity index (χ0v) is 14.5. The van der Waals surface area contributed by atoms with Crippen LogP contribution < -0.4 is 0 Å². The molecule has 1 atom stereocenters. The van der Waals surface area contributed by atoms with Gasteiger partial charge in [0.1, 0.15) is 0 Å². The molecule has 0 radical (unpaired) electrons. The molecule has 26 heavy (non-hydrogen) atoms. The number of carbonyl (C=O) groups excluding carboxylic acids is 2. The maximum Gasteiger partial charge on any atom is 0.338 e. The Bertz CT molecular complexity index is 893. The van der Waals surface area contributed by atoms with Gasteiger partial charge in [0, 0.05) is 24.7 Å². The number of amides is 1. The predicted molar refractivity (Wildman–Crippen MR) is 94.0 cm³/mol. The van der Waals surface area contributed by atoms with Crippen LogP contribution in [-0.4, -0.2) is 35.9 Å². The van der Waals surface area contributed by atoms with Gasteiger partial charge in [0.15, 0.2) is 0 Å². The van der Waals surface area contributed by atoms with Gasteiger partial charge in [-0.25, -0.2) is 4.79 Å². The van der Waals surface area contributed by atoms with E-state index >= 15 is 0 Å². The average molecular weight is 354 g/mol. The molecule has 134 valence electrons. The second-order valence-electron chi connectivity index (χ2n) is 6.19. The fraction of sp³-hybridized carbons (Fsp3) is 0.263. The van der Waals surface area contributed by atoms with E-state index < -0.39 is 10.9 Å². The van der Waals surface area contributed by atoms with Crippen LogP contribution in [0, 0.1) is 10.1 Å². The fourth-order valence-electron chi connectivity index (χ4n) is 3.36. The Kier molecular flexibility index (Phi) is 4.71. The van der Waals surface area contributed by atoms with E-state index in [0.717, 1.165) is 24.5 Å². The van der Waals surface area contributed by atoms with Gasteiger partial charge in [0.2, 0.25) is 0 Å². The number of nitro groups is 1. The molecule has 0 saturated heterocycles. The Morgan fingerprint density at radius 1 is 1.19 bits per heavy atom. The van der Waals surface area contributed by atoms with Gasteiger partial charge >= 0.3 is 5.97 Å². The van der Waals surface area contributed by atoms with E-state index in [9.17, 15) is 19.7 Å². The number of nitro benzene ring substituents is 1. The number of rotatable bonds is 4. The smallest absolute Gasteiger partial charge is 0.338 e. The summed E-state index contributed by atoms with van der Waals surface area (Å²) in [5.41, 5.74) is 2.03. The molecule has 7 nitrogen and oxygen atoms in total. The van der Waals surface area contributed by atoms with Gasteiger partial charge < -0.3 is 9.64 Å². The molecule has 7 heteroatoms. The monoisotopic (exact) mass is 354 g/mol. The van der Waals surface area contributed by atoms with Gasteiger partial charge in [-0.15, -0.1) is 0 Å². The number of methoxy groups -OCH3 is 1. The molecule has 0 saturated carbocycles. The van der Waals surface area contributed by atoms with Crippen LogP contribution in [0.5, 0.6) is 0 Å². The molecular weight excluding hydrogens is 336 g/mol. The van der Waals surface area contributed by atoms with Crippen molar-refractivity contribution in [3.8, 4) is 0 Å². The number of esters is 1. The molecule has 1 amide bonds. The van der Waals surface area contributed by atoms with Crippen molar-refractivity contribution in [1.82, 2.24) is 4.90 Å². The molecule has 2 aromatic carbocycles. The van der Waals surface area contributed by atoms with Crippen LogP contribution in [0.1, 0.15) is 44.3 Å². The second kappa shape index (κ2) is 6.95. The number of hydrogen-bond donors (Lipinski definition) is 0. The molecule has 3 rings (SSSR count). The number of non-ortho nitro benzene ring substituents is 1. The van der Waals surface area contributed by atoms with Crippen molar-refractivity contribution in [3.63, 3.8) is 0 Å². The highest BCUT2D eigenvalue weighted by atomic mass is 16.6. The minimum atomic E-state index is -0.725. The first kappa shape index (κ1) is 17.6. The fourth-order valence-corrected chi connectivity index (χ4v) is 3.36. The lowest BCUT2D eigenvalue weighted by Crippen LogP contribution is -2.30. The van der Waals surface area contributed by atoms with Gasteiger partial charge in [-0.2, -0.15) is 0 Å². The van der Waals surface area contributed by atoms with Crippen molar-refractivity contribution in [2.75, 3.05) is 14.2 Å². The second-order valence-corrected chi connectivity index (χ2v) is 6.19. The Morgan fingerprint density at radius 3 is 2.58 bits per heavy atom. The summed E-state index contributed by atoms with van der Waals surface area (Å²) in [6.45, 7) is 0. The minimum Gasteiger partial charge on any atom is -0.465 e. The number of nitrogens with zero attached hydrogens (tertiary/aromatic N) is 2. The molecule has 0 aliphatic heterocycles. The SMILES string of the molecule is COC(=O)c1cc(C(=O)N(C)[C@@H]2CCc3ccccc32)cc([N+](=O)[O-])c1. The van der Waals surface area contributed by atoms with Crippen LogP contribution in [0.25, 0.3) is 0 Å². The molecule has 0 unspecified atom stereocenters. The van der Waals surface area contributed by atoms with Crippen LogP contribution in [0.2, 0.25) is 0 Å². The van der Waals surface area contributed by atoms with E-state index in [2.05, 4.69) is 4.74 Å². The van der Waals surface area contributed by atoms with Gasteiger partial charge in [-0.1, -0.05) is 24.3 Å². The van der Waals surface area contributed by atoms with Crippen LogP contribution in [0.15, 0.2) is 42.5 Å². The number of benzene rings is 2. The standard InChI is InChI=1S/C19H18N2O5/c1-20(17-8-7-12-5-3-4-6-16(12)17)18(22)13-9-14(19(23)26-2)11-15(10-13)21(24)25/h3-6,9-11,17H,7-8H2,1-2H3/t17-/m1/s1. The highest BCUT2D eigenvalue weighted by molar-refractivity contribution is 5.99. The highest BCUT2D eigenvalue weighted by Gasteiger charge is 2.30. The molecule has 1 aliphatic rings. The summed E-state index contributed by atoms with van der Waals surface area (Å²) in [6, 6.07) is 11.4. The minimum absolute atomic E-state index is 0.0229. The number of ether oxygens (including phenoxy) is 1. The third kappa shape index (κ3) is 3.15. The zero-order chi connectivity index (χ0) is 18.8. The molecule has 0 N–H and O–H groups in total. The van der Waals surface area contributed by atoms with E-state index in [1.165, 1.54) is 24.8 Å². The summed E-state index contributed by atoms with van der Waals surface area (Å²) in [6.07, 6.45) is 1.67. The first-order valence-corrected chi connectivity index (χ1v) is 8.15. The summed E-state index contributed by atoms with van der Waals surface area (Å²) >= 11 is 0. The lowest BCUT2D eigenvalue weighted by atomic mass is 10.0. The number of aryl methyl sites for hydroxylation is 1. The van der Waals surface area contributed by atoms with Crippen LogP contribution in [0.4, 0.5) is 5.69 Å².